The molecule has 2 unspecified atom stereocenters. The van der Waals surface area contributed by atoms with Crippen LogP contribution in [0.4, 0.5) is 4.39 Å². The van der Waals surface area contributed by atoms with E-state index in [1.165, 1.54) is 12.1 Å². The van der Waals surface area contributed by atoms with Gasteiger partial charge in [0.2, 0.25) is 0 Å². The molecule has 0 amide bonds. The van der Waals surface area contributed by atoms with Crippen LogP contribution in [0.15, 0.2) is 24.3 Å². The summed E-state index contributed by atoms with van der Waals surface area (Å²) in [5.41, 5.74) is -0.702. The van der Waals surface area contributed by atoms with Crippen LogP contribution >= 0.6 is 0 Å². The molecule has 0 spiro atoms. The van der Waals surface area contributed by atoms with E-state index < -0.39 is 5.54 Å². The fourth-order valence-electron chi connectivity index (χ4n) is 2.84. The van der Waals surface area contributed by atoms with Crippen LogP contribution in [-0.2, 0) is 9.53 Å². The van der Waals surface area contributed by atoms with Gasteiger partial charge in [-0.05, 0) is 45.4 Å². The third kappa shape index (κ3) is 3.73. The fourth-order valence-corrected chi connectivity index (χ4v) is 2.84. The third-order valence-electron chi connectivity index (χ3n) is 3.95. The second-order valence-corrected chi connectivity index (χ2v) is 5.35. The average Bonchev–Trinajstić information content (AvgIpc) is 2.47. The van der Waals surface area contributed by atoms with Crippen molar-refractivity contribution in [2.75, 3.05) is 13.7 Å². The van der Waals surface area contributed by atoms with Crippen molar-refractivity contribution in [3.05, 3.63) is 30.1 Å². The molecule has 1 aromatic rings. The number of hydrogen-bond acceptors (Lipinski definition) is 4. The fraction of sp³-hybridized carbons (Fsp3) is 0.562. The van der Waals surface area contributed by atoms with E-state index in [1.54, 1.807) is 26.1 Å². The summed E-state index contributed by atoms with van der Waals surface area (Å²) in [5, 5.41) is 3.10. The number of halogens is 1. The summed E-state index contributed by atoms with van der Waals surface area (Å²) in [4.78, 5) is 12.2. The van der Waals surface area contributed by atoms with E-state index >= 15 is 0 Å². The summed E-state index contributed by atoms with van der Waals surface area (Å²) in [5.74, 6) is -0.0654. The molecule has 1 aliphatic carbocycles. The van der Waals surface area contributed by atoms with Crippen molar-refractivity contribution in [3.8, 4) is 5.75 Å². The lowest BCUT2D eigenvalue weighted by Crippen LogP contribution is -2.56. The molecular weight excluding hydrogens is 273 g/mol. The van der Waals surface area contributed by atoms with Crippen LogP contribution < -0.4 is 10.1 Å². The summed E-state index contributed by atoms with van der Waals surface area (Å²) in [6.07, 6.45) is 2.83. The Balaban J connectivity index is 2.07. The number of carbonyl (C=O) groups excluding carboxylic acids is 1. The average molecular weight is 295 g/mol. The van der Waals surface area contributed by atoms with Crippen molar-refractivity contribution >= 4 is 5.97 Å². The first-order chi connectivity index (χ1) is 10.1. The van der Waals surface area contributed by atoms with Crippen molar-refractivity contribution in [2.24, 2.45) is 0 Å². The molecule has 1 N–H and O–H groups in total. The van der Waals surface area contributed by atoms with Gasteiger partial charge >= 0.3 is 5.97 Å². The zero-order valence-electron chi connectivity index (χ0n) is 12.5. The largest absolute Gasteiger partial charge is 0.490 e. The number of likely N-dealkylation sites (N-methyl/N-ethyl adjacent to an activating group) is 1. The molecule has 0 aromatic heterocycles. The van der Waals surface area contributed by atoms with Crippen molar-refractivity contribution in [3.63, 3.8) is 0 Å². The lowest BCUT2D eigenvalue weighted by Gasteiger charge is -2.38. The molecule has 0 heterocycles. The zero-order chi connectivity index (χ0) is 15.3. The van der Waals surface area contributed by atoms with Crippen LogP contribution in [0.2, 0.25) is 0 Å². The Bertz CT molecular complexity index is 494. The van der Waals surface area contributed by atoms with Gasteiger partial charge in [0.1, 0.15) is 23.2 Å². The SMILES string of the molecule is CCOC(=O)C1(NC)CCCC(Oc2cccc(F)c2)C1. The van der Waals surface area contributed by atoms with Gasteiger partial charge in [0, 0.05) is 12.5 Å². The predicted molar refractivity (Wildman–Crippen MR) is 77.7 cm³/mol. The van der Waals surface area contributed by atoms with Crippen molar-refractivity contribution in [2.45, 2.75) is 44.2 Å². The molecule has 21 heavy (non-hydrogen) atoms. The van der Waals surface area contributed by atoms with Crippen LogP contribution in [0.5, 0.6) is 5.75 Å². The summed E-state index contributed by atoms with van der Waals surface area (Å²) in [6.45, 7) is 2.16. The Morgan fingerprint density at radius 1 is 1.52 bits per heavy atom. The Morgan fingerprint density at radius 3 is 3.00 bits per heavy atom. The predicted octanol–water partition coefficient (Wildman–Crippen LogP) is 2.67. The molecule has 1 aromatic carbocycles. The van der Waals surface area contributed by atoms with Crippen LogP contribution in [0.1, 0.15) is 32.6 Å². The van der Waals surface area contributed by atoms with Gasteiger partial charge in [-0.1, -0.05) is 6.07 Å². The zero-order valence-corrected chi connectivity index (χ0v) is 12.5. The van der Waals surface area contributed by atoms with Gasteiger partial charge in [0.25, 0.3) is 0 Å². The number of nitrogens with one attached hydrogen (secondary N) is 1. The van der Waals surface area contributed by atoms with Gasteiger partial charge in [0.15, 0.2) is 0 Å². The van der Waals surface area contributed by atoms with E-state index in [9.17, 15) is 9.18 Å². The number of hydrogen-bond donors (Lipinski definition) is 1. The molecule has 0 radical (unpaired) electrons. The maximum absolute atomic E-state index is 13.2. The Morgan fingerprint density at radius 2 is 2.33 bits per heavy atom. The smallest absolute Gasteiger partial charge is 0.326 e. The van der Waals surface area contributed by atoms with Gasteiger partial charge in [0.05, 0.1) is 6.61 Å². The molecule has 5 heteroatoms. The summed E-state index contributed by atoms with van der Waals surface area (Å²) >= 11 is 0. The van der Waals surface area contributed by atoms with E-state index in [4.69, 9.17) is 9.47 Å². The Hall–Kier alpha value is -1.62. The highest BCUT2D eigenvalue weighted by molar-refractivity contribution is 5.81. The summed E-state index contributed by atoms with van der Waals surface area (Å²) in [7, 11) is 1.77. The minimum absolute atomic E-state index is 0.127. The molecule has 0 bridgehead atoms. The van der Waals surface area contributed by atoms with E-state index in [0.29, 0.717) is 18.8 Å². The highest BCUT2D eigenvalue weighted by Crippen LogP contribution is 2.32. The molecule has 0 saturated heterocycles. The maximum atomic E-state index is 13.2. The van der Waals surface area contributed by atoms with Crippen molar-refractivity contribution in [1.29, 1.82) is 0 Å². The molecule has 1 aliphatic rings. The van der Waals surface area contributed by atoms with Gasteiger partial charge < -0.3 is 14.8 Å². The highest BCUT2D eigenvalue weighted by atomic mass is 19.1. The Labute approximate surface area is 124 Å². The Kier molecular flexibility index (Phi) is 5.17. The molecule has 116 valence electrons. The maximum Gasteiger partial charge on any atom is 0.326 e. The molecule has 0 aliphatic heterocycles. The first kappa shape index (κ1) is 15.8. The molecule has 4 nitrogen and oxygen atoms in total. The number of carbonyl (C=O) groups is 1. The molecule has 1 saturated carbocycles. The van der Waals surface area contributed by atoms with E-state index in [1.807, 2.05) is 0 Å². The highest BCUT2D eigenvalue weighted by Gasteiger charge is 2.43. The lowest BCUT2D eigenvalue weighted by molar-refractivity contribution is -0.154. The number of benzene rings is 1. The summed E-state index contributed by atoms with van der Waals surface area (Å²) in [6, 6.07) is 6.08. The number of esters is 1. The summed E-state index contributed by atoms with van der Waals surface area (Å²) < 4.78 is 24.2. The second-order valence-electron chi connectivity index (χ2n) is 5.35. The molecule has 2 rings (SSSR count). The standard InChI is InChI=1S/C16H22FNO3/c1-3-20-15(19)16(18-2)9-5-8-14(11-16)21-13-7-4-6-12(17)10-13/h4,6-7,10,14,18H,3,5,8-9,11H2,1-2H3. The van der Waals surface area contributed by atoms with Crippen molar-refractivity contribution in [1.82, 2.24) is 5.32 Å². The minimum atomic E-state index is -0.702. The van der Waals surface area contributed by atoms with Gasteiger partial charge in [-0.15, -0.1) is 0 Å². The van der Waals surface area contributed by atoms with E-state index in [2.05, 4.69) is 5.32 Å². The molecular formula is C16H22FNO3. The molecule has 2 atom stereocenters. The molecule has 1 fully saturated rings. The second kappa shape index (κ2) is 6.89. The normalized spacial score (nSPS) is 25.4. The first-order valence-corrected chi connectivity index (χ1v) is 7.38. The van der Waals surface area contributed by atoms with Crippen molar-refractivity contribution < 1.29 is 18.7 Å². The third-order valence-corrected chi connectivity index (χ3v) is 3.95. The number of ether oxygens (including phenoxy) is 2. The van der Waals surface area contributed by atoms with Crippen LogP contribution in [0.3, 0.4) is 0 Å². The van der Waals surface area contributed by atoms with Crippen LogP contribution in [0.25, 0.3) is 0 Å². The van der Waals surface area contributed by atoms with Gasteiger partial charge in [-0.3, -0.25) is 4.79 Å². The minimum Gasteiger partial charge on any atom is -0.490 e. The van der Waals surface area contributed by atoms with E-state index in [0.717, 1.165) is 19.3 Å². The lowest BCUT2D eigenvalue weighted by atomic mass is 9.80. The number of rotatable bonds is 5. The van der Waals surface area contributed by atoms with Crippen LogP contribution in [-0.4, -0.2) is 31.3 Å². The quantitative estimate of drug-likeness (QED) is 0.848. The van der Waals surface area contributed by atoms with Gasteiger partial charge in [-0.2, -0.15) is 0 Å². The topological polar surface area (TPSA) is 47.6 Å². The monoisotopic (exact) mass is 295 g/mol. The van der Waals surface area contributed by atoms with E-state index in [-0.39, 0.29) is 17.9 Å². The van der Waals surface area contributed by atoms with Crippen LogP contribution in [0, 0.1) is 5.82 Å². The first-order valence-electron chi connectivity index (χ1n) is 7.38. The van der Waals surface area contributed by atoms with Gasteiger partial charge in [-0.25, -0.2) is 4.39 Å².